The molecule has 0 aromatic heterocycles. The topological polar surface area (TPSA) is 136 Å². The standard InChI is InChI=1S/C28H23N3O8/c1-3-38-23-10-5-4-8-21(23)29-15-17(14-24(29)32)28(35)39-18-11-12-20(16(2)13-18)30-26(33)19-7-6-9-22(31(36)37)25(19)27(30)34/h4-13,17H,3,14-15H2,1-2H3/t17-/m1/s1. The molecule has 1 saturated heterocycles. The minimum atomic E-state index is -0.799. The number of ether oxygens (including phenoxy) is 2. The second-order valence-corrected chi connectivity index (χ2v) is 9.08. The molecular weight excluding hydrogens is 506 g/mol. The van der Waals surface area contributed by atoms with Gasteiger partial charge in [0.1, 0.15) is 17.1 Å². The first kappa shape index (κ1) is 25.6. The minimum Gasteiger partial charge on any atom is -0.492 e. The van der Waals surface area contributed by atoms with Crippen LogP contribution in [0, 0.1) is 23.0 Å². The number of para-hydroxylation sites is 2. The third kappa shape index (κ3) is 4.48. The Labute approximate surface area is 222 Å². The smallest absolute Gasteiger partial charge is 0.316 e. The van der Waals surface area contributed by atoms with Gasteiger partial charge in [0.2, 0.25) is 5.91 Å². The maximum absolute atomic E-state index is 13.0. The van der Waals surface area contributed by atoms with E-state index in [1.54, 1.807) is 31.2 Å². The summed E-state index contributed by atoms with van der Waals surface area (Å²) >= 11 is 0. The number of carbonyl (C=O) groups excluding carboxylic acids is 4. The molecule has 0 spiro atoms. The molecule has 0 bridgehead atoms. The van der Waals surface area contributed by atoms with E-state index in [1.807, 2.05) is 6.92 Å². The van der Waals surface area contributed by atoms with Gasteiger partial charge in [0, 0.05) is 19.0 Å². The van der Waals surface area contributed by atoms with Crippen molar-refractivity contribution in [2.45, 2.75) is 20.3 Å². The number of hydrogen-bond donors (Lipinski definition) is 0. The van der Waals surface area contributed by atoms with Crippen LogP contribution in [0.4, 0.5) is 17.1 Å². The highest BCUT2D eigenvalue weighted by Gasteiger charge is 2.42. The molecule has 0 unspecified atom stereocenters. The molecule has 3 aromatic rings. The van der Waals surface area contributed by atoms with Crippen LogP contribution in [0.5, 0.6) is 11.5 Å². The van der Waals surface area contributed by atoms with Gasteiger partial charge in [-0.25, -0.2) is 4.90 Å². The Morgan fingerprint density at radius 3 is 2.51 bits per heavy atom. The van der Waals surface area contributed by atoms with Crippen LogP contribution < -0.4 is 19.3 Å². The number of esters is 1. The average molecular weight is 530 g/mol. The molecule has 2 heterocycles. The predicted octanol–water partition coefficient (Wildman–Crippen LogP) is 4.06. The van der Waals surface area contributed by atoms with E-state index >= 15 is 0 Å². The zero-order valence-corrected chi connectivity index (χ0v) is 21.1. The number of anilines is 2. The van der Waals surface area contributed by atoms with Crippen LogP contribution in [0.1, 0.15) is 39.6 Å². The maximum atomic E-state index is 13.0. The minimum absolute atomic E-state index is 0.0236. The predicted molar refractivity (Wildman–Crippen MR) is 139 cm³/mol. The van der Waals surface area contributed by atoms with Gasteiger partial charge in [-0.15, -0.1) is 0 Å². The number of nitrogens with zero attached hydrogens (tertiary/aromatic N) is 3. The van der Waals surface area contributed by atoms with Crippen molar-refractivity contribution in [3.8, 4) is 11.5 Å². The summed E-state index contributed by atoms with van der Waals surface area (Å²) in [6.07, 6.45) is -0.0236. The first-order chi connectivity index (χ1) is 18.7. The summed E-state index contributed by atoms with van der Waals surface area (Å²) in [5.41, 5.74) is 0.480. The molecule has 3 amide bonds. The third-order valence-corrected chi connectivity index (χ3v) is 6.63. The number of rotatable bonds is 7. The summed E-state index contributed by atoms with van der Waals surface area (Å²) in [6.45, 7) is 4.02. The van der Waals surface area contributed by atoms with Gasteiger partial charge in [0.25, 0.3) is 17.5 Å². The van der Waals surface area contributed by atoms with E-state index in [0.717, 1.165) is 4.90 Å². The number of nitro groups is 1. The van der Waals surface area contributed by atoms with Crippen molar-refractivity contribution in [3.63, 3.8) is 0 Å². The molecule has 0 N–H and O–H groups in total. The van der Waals surface area contributed by atoms with Crippen molar-refractivity contribution < 1.29 is 33.6 Å². The Bertz CT molecular complexity index is 1550. The summed E-state index contributed by atoms with van der Waals surface area (Å²) in [4.78, 5) is 64.7. The van der Waals surface area contributed by atoms with Crippen molar-refractivity contribution in [2.75, 3.05) is 23.0 Å². The molecular formula is C28H23N3O8. The molecule has 2 aliphatic heterocycles. The number of imide groups is 1. The van der Waals surface area contributed by atoms with Crippen molar-refractivity contribution >= 4 is 40.8 Å². The fraction of sp³-hybridized carbons (Fsp3) is 0.214. The summed E-state index contributed by atoms with van der Waals surface area (Å²) in [5, 5.41) is 11.4. The van der Waals surface area contributed by atoms with E-state index in [1.165, 1.54) is 41.3 Å². The van der Waals surface area contributed by atoms with Gasteiger partial charge < -0.3 is 14.4 Å². The Hall–Kier alpha value is -5.06. The van der Waals surface area contributed by atoms with E-state index in [0.29, 0.717) is 23.6 Å². The monoisotopic (exact) mass is 529 g/mol. The largest absolute Gasteiger partial charge is 0.492 e. The number of aryl methyl sites for hydroxylation is 1. The molecule has 11 heteroatoms. The molecule has 3 aromatic carbocycles. The average Bonchev–Trinajstić information content (AvgIpc) is 3.42. The van der Waals surface area contributed by atoms with Crippen LogP contribution in [0.15, 0.2) is 60.7 Å². The van der Waals surface area contributed by atoms with E-state index in [-0.39, 0.29) is 41.4 Å². The summed E-state index contributed by atoms with van der Waals surface area (Å²) < 4.78 is 11.2. The Morgan fingerprint density at radius 1 is 1.03 bits per heavy atom. The van der Waals surface area contributed by atoms with Crippen molar-refractivity contribution in [2.24, 2.45) is 5.92 Å². The lowest BCUT2D eigenvalue weighted by Crippen LogP contribution is -2.30. The number of benzene rings is 3. The number of fused-ring (bicyclic) bond motifs is 1. The quantitative estimate of drug-likeness (QED) is 0.147. The number of hydrogen-bond acceptors (Lipinski definition) is 8. The summed E-state index contributed by atoms with van der Waals surface area (Å²) in [7, 11) is 0. The van der Waals surface area contributed by atoms with E-state index in [4.69, 9.17) is 9.47 Å². The van der Waals surface area contributed by atoms with Crippen LogP contribution in [0.3, 0.4) is 0 Å². The normalized spacial score (nSPS) is 16.5. The second kappa shape index (κ2) is 10.0. The fourth-order valence-corrected chi connectivity index (χ4v) is 4.84. The summed E-state index contributed by atoms with van der Waals surface area (Å²) in [5.74, 6) is -2.28. The number of amides is 3. The van der Waals surface area contributed by atoms with Crippen LogP contribution in [-0.2, 0) is 9.59 Å². The fourth-order valence-electron chi connectivity index (χ4n) is 4.84. The SMILES string of the molecule is CCOc1ccccc1N1C[C@H](C(=O)Oc2ccc(N3C(=O)c4cccc([N+](=O)[O-])c4C3=O)c(C)c2)CC1=O. The van der Waals surface area contributed by atoms with E-state index < -0.39 is 34.3 Å². The molecule has 1 atom stereocenters. The van der Waals surface area contributed by atoms with Gasteiger partial charge in [-0.1, -0.05) is 18.2 Å². The van der Waals surface area contributed by atoms with Gasteiger partial charge in [-0.2, -0.15) is 0 Å². The Morgan fingerprint density at radius 2 is 1.79 bits per heavy atom. The first-order valence-electron chi connectivity index (χ1n) is 12.2. The number of carbonyl (C=O) groups is 4. The molecule has 1 fully saturated rings. The lowest BCUT2D eigenvalue weighted by Gasteiger charge is -2.20. The second-order valence-electron chi connectivity index (χ2n) is 9.08. The molecule has 0 radical (unpaired) electrons. The van der Waals surface area contributed by atoms with Gasteiger partial charge in [0.15, 0.2) is 0 Å². The molecule has 39 heavy (non-hydrogen) atoms. The van der Waals surface area contributed by atoms with E-state index in [2.05, 4.69) is 0 Å². The van der Waals surface area contributed by atoms with Gasteiger partial charge >= 0.3 is 5.97 Å². The Kier molecular flexibility index (Phi) is 6.57. The van der Waals surface area contributed by atoms with E-state index in [9.17, 15) is 29.3 Å². The summed E-state index contributed by atoms with van der Waals surface area (Å²) in [6, 6.07) is 15.4. The van der Waals surface area contributed by atoms with Crippen molar-refractivity contribution in [1.29, 1.82) is 0 Å². The zero-order valence-electron chi connectivity index (χ0n) is 21.1. The van der Waals surface area contributed by atoms with Crippen LogP contribution >= 0.6 is 0 Å². The lowest BCUT2D eigenvalue weighted by molar-refractivity contribution is -0.385. The van der Waals surface area contributed by atoms with Crippen LogP contribution in [0.2, 0.25) is 0 Å². The lowest BCUT2D eigenvalue weighted by atomic mass is 10.1. The highest BCUT2D eigenvalue weighted by molar-refractivity contribution is 6.35. The molecule has 198 valence electrons. The van der Waals surface area contributed by atoms with Gasteiger partial charge in [-0.05, 0) is 55.8 Å². The highest BCUT2D eigenvalue weighted by Crippen LogP contribution is 2.37. The highest BCUT2D eigenvalue weighted by atomic mass is 16.6. The molecule has 2 aliphatic rings. The van der Waals surface area contributed by atoms with Crippen LogP contribution in [-0.4, -0.2) is 41.8 Å². The molecule has 0 saturated carbocycles. The van der Waals surface area contributed by atoms with Gasteiger partial charge in [-0.3, -0.25) is 29.3 Å². The van der Waals surface area contributed by atoms with Gasteiger partial charge in [0.05, 0.1) is 34.4 Å². The Balaban J connectivity index is 1.32. The van der Waals surface area contributed by atoms with Crippen molar-refractivity contribution in [3.05, 3.63) is 87.5 Å². The molecule has 0 aliphatic carbocycles. The number of nitro benzene ring substituents is 1. The molecule has 11 nitrogen and oxygen atoms in total. The van der Waals surface area contributed by atoms with Crippen LogP contribution in [0.25, 0.3) is 0 Å². The first-order valence-corrected chi connectivity index (χ1v) is 12.2. The zero-order chi connectivity index (χ0) is 27.8. The maximum Gasteiger partial charge on any atom is 0.316 e. The molecule has 5 rings (SSSR count). The third-order valence-electron chi connectivity index (χ3n) is 6.63. The van der Waals surface area contributed by atoms with Crippen molar-refractivity contribution in [1.82, 2.24) is 0 Å².